The van der Waals surface area contributed by atoms with Gasteiger partial charge in [-0.25, -0.2) is 0 Å². The lowest BCUT2D eigenvalue weighted by Crippen LogP contribution is -2.15. The molecule has 78 valence electrons. The minimum absolute atomic E-state index is 0.0378. The van der Waals surface area contributed by atoms with Crippen molar-refractivity contribution in [1.82, 2.24) is 0 Å². The zero-order valence-corrected chi connectivity index (χ0v) is 9.85. The second-order valence-electron chi connectivity index (χ2n) is 3.01. The lowest BCUT2D eigenvalue weighted by molar-refractivity contribution is 0.459. The van der Waals surface area contributed by atoms with Gasteiger partial charge in [-0.15, -0.1) is 0 Å². The van der Waals surface area contributed by atoms with Crippen molar-refractivity contribution in [2.75, 3.05) is 6.54 Å². The molecule has 0 fully saturated rings. The van der Waals surface area contributed by atoms with Crippen LogP contribution in [0.4, 0.5) is 0 Å². The molecule has 0 aliphatic carbocycles. The third-order valence-corrected chi connectivity index (χ3v) is 2.68. The van der Waals surface area contributed by atoms with Crippen molar-refractivity contribution >= 4 is 27.5 Å². The number of benzene rings is 1. The molecule has 0 saturated carbocycles. The van der Waals surface area contributed by atoms with Gasteiger partial charge in [0.05, 0.1) is 5.02 Å². The minimum Gasteiger partial charge on any atom is -0.506 e. The Balaban J connectivity index is 3.07. The van der Waals surface area contributed by atoms with Crippen molar-refractivity contribution in [2.45, 2.75) is 12.5 Å². The van der Waals surface area contributed by atoms with Crippen molar-refractivity contribution in [3.8, 4) is 5.75 Å². The molecular formula is C9H12BrClN2O. The molecule has 0 aliphatic heterocycles. The Bertz CT molecular complexity index is 333. The van der Waals surface area contributed by atoms with Gasteiger partial charge < -0.3 is 16.6 Å². The molecule has 1 aromatic carbocycles. The van der Waals surface area contributed by atoms with Crippen LogP contribution in [0.15, 0.2) is 16.6 Å². The van der Waals surface area contributed by atoms with Crippen LogP contribution < -0.4 is 11.5 Å². The Morgan fingerprint density at radius 3 is 2.71 bits per heavy atom. The van der Waals surface area contributed by atoms with Gasteiger partial charge in [-0.05, 0) is 25.1 Å². The molecular weight excluding hydrogens is 267 g/mol. The van der Waals surface area contributed by atoms with Gasteiger partial charge in [-0.2, -0.15) is 0 Å². The van der Waals surface area contributed by atoms with Gasteiger partial charge in [-0.1, -0.05) is 27.5 Å². The van der Waals surface area contributed by atoms with E-state index in [9.17, 15) is 5.11 Å². The average molecular weight is 280 g/mol. The van der Waals surface area contributed by atoms with E-state index < -0.39 is 0 Å². The fourth-order valence-corrected chi connectivity index (χ4v) is 2.04. The van der Waals surface area contributed by atoms with Crippen molar-refractivity contribution in [3.63, 3.8) is 0 Å². The summed E-state index contributed by atoms with van der Waals surface area (Å²) >= 11 is 9.08. The SMILES string of the molecule is NCCC(N)c1cc(Br)cc(Cl)c1O. The highest BCUT2D eigenvalue weighted by molar-refractivity contribution is 9.10. The first-order chi connectivity index (χ1) is 6.56. The van der Waals surface area contributed by atoms with E-state index in [0.717, 1.165) is 4.47 Å². The molecule has 0 aromatic heterocycles. The van der Waals surface area contributed by atoms with Crippen LogP contribution >= 0.6 is 27.5 Å². The first-order valence-electron chi connectivity index (χ1n) is 4.19. The summed E-state index contributed by atoms with van der Waals surface area (Å²) in [5.41, 5.74) is 11.8. The van der Waals surface area contributed by atoms with Crippen LogP contribution in [-0.2, 0) is 0 Å². The molecule has 1 rings (SSSR count). The van der Waals surface area contributed by atoms with Crippen molar-refractivity contribution in [2.24, 2.45) is 11.5 Å². The zero-order valence-electron chi connectivity index (χ0n) is 7.50. The van der Waals surface area contributed by atoms with E-state index in [1.165, 1.54) is 0 Å². The number of rotatable bonds is 3. The van der Waals surface area contributed by atoms with Crippen molar-refractivity contribution in [1.29, 1.82) is 0 Å². The van der Waals surface area contributed by atoms with Crippen molar-refractivity contribution < 1.29 is 5.11 Å². The molecule has 5 N–H and O–H groups in total. The topological polar surface area (TPSA) is 72.3 Å². The first-order valence-corrected chi connectivity index (χ1v) is 5.37. The predicted molar refractivity (Wildman–Crippen MR) is 61.4 cm³/mol. The maximum Gasteiger partial charge on any atom is 0.139 e. The molecule has 14 heavy (non-hydrogen) atoms. The van der Waals surface area contributed by atoms with Gasteiger partial charge in [0.2, 0.25) is 0 Å². The summed E-state index contributed by atoms with van der Waals surface area (Å²) < 4.78 is 0.794. The molecule has 0 amide bonds. The summed E-state index contributed by atoms with van der Waals surface area (Å²) in [5.74, 6) is 0.0378. The Morgan fingerprint density at radius 1 is 1.50 bits per heavy atom. The lowest BCUT2D eigenvalue weighted by Gasteiger charge is -2.13. The van der Waals surface area contributed by atoms with Gasteiger partial charge >= 0.3 is 0 Å². The number of phenols is 1. The van der Waals surface area contributed by atoms with Crippen molar-refractivity contribution in [3.05, 3.63) is 27.2 Å². The largest absolute Gasteiger partial charge is 0.506 e. The van der Waals surface area contributed by atoms with Crippen LogP contribution in [0.1, 0.15) is 18.0 Å². The molecule has 1 unspecified atom stereocenters. The Labute approximate surface area is 96.2 Å². The Morgan fingerprint density at radius 2 is 2.14 bits per heavy atom. The Kier molecular flexibility index (Phi) is 4.19. The van der Waals surface area contributed by atoms with Crippen LogP contribution in [0.3, 0.4) is 0 Å². The normalized spacial score (nSPS) is 12.9. The Hall–Kier alpha value is -0.290. The van der Waals surface area contributed by atoms with Crippen LogP contribution in [0, 0.1) is 0 Å². The fourth-order valence-electron chi connectivity index (χ4n) is 1.20. The van der Waals surface area contributed by atoms with E-state index in [0.29, 0.717) is 23.6 Å². The molecule has 0 aliphatic rings. The molecule has 0 heterocycles. The second-order valence-corrected chi connectivity index (χ2v) is 4.33. The van der Waals surface area contributed by atoms with Crippen LogP contribution in [-0.4, -0.2) is 11.7 Å². The highest BCUT2D eigenvalue weighted by Gasteiger charge is 2.13. The van der Waals surface area contributed by atoms with Crippen LogP contribution in [0.2, 0.25) is 5.02 Å². The maximum absolute atomic E-state index is 9.65. The quantitative estimate of drug-likeness (QED) is 0.794. The van der Waals surface area contributed by atoms with E-state index in [2.05, 4.69) is 15.9 Å². The minimum atomic E-state index is -0.282. The standard InChI is InChI=1S/C9H12BrClN2O/c10-5-3-6(8(13)1-2-12)9(14)7(11)4-5/h3-4,8,14H,1-2,12-13H2. The van der Waals surface area contributed by atoms with Gasteiger partial charge in [0.1, 0.15) is 5.75 Å². The molecule has 0 bridgehead atoms. The van der Waals surface area contributed by atoms with Gasteiger partial charge in [0.15, 0.2) is 0 Å². The highest BCUT2D eigenvalue weighted by Crippen LogP contribution is 2.34. The average Bonchev–Trinajstić information content (AvgIpc) is 2.11. The lowest BCUT2D eigenvalue weighted by atomic mass is 10.0. The fraction of sp³-hybridized carbons (Fsp3) is 0.333. The van der Waals surface area contributed by atoms with Gasteiger partial charge in [-0.3, -0.25) is 0 Å². The highest BCUT2D eigenvalue weighted by atomic mass is 79.9. The number of hydrogen-bond donors (Lipinski definition) is 3. The number of halogens is 2. The molecule has 3 nitrogen and oxygen atoms in total. The molecule has 0 spiro atoms. The van der Waals surface area contributed by atoms with Gasteiger partial charge in [0, 0.05) is 16.1 Å². The summed E-state index contributed by atoms with van der Waals surface area (Å²) in [6, 6.07) is 3.09. The third kappa shape index (κ3) is 2.60. The molecule has 1 atom stereocenters. The molecule has 0 radical (unpaired) electrons. The van der Waals surface area contributed by atoms with E-state index >= 15 is 0 Å². The summed E-state index contributed by atoms with van der Waals surface area (Å²) in [5, 5.41) is 9.94. The van der Waals surface area contributed by atoms with E-state index in [1.807, 2.05) is 0 Å². The summed E-state index contributed by atoms with van der Waals surface area (Å²) in [7, 11) is 0. The smallest absolute Gasteiger partial charge is 0.139 e. The number of nitrogens with two attached hydrogens (primary N) is 2. The predicted octanol–water partition coefficient (Wildman–Crippen LogP) is 2.16. The second kappa shape index (κ2) is 4.98. The maximum atomic E-state index is 9.65. The first kappa shape index (κ1) is 11.8. The van der Waals surface area contributed by atoms with Gasteiger partial charge in [0.25, 0.3) is 0 Å². The number of hydrogen-bond acceptors (Lipinski definition) is 3. The van der Waals surface area contributed by atoms with E-state index in [4.69, 9.17) is 23.1 Å². The zero-order chi connectivity index (χ0) is 10.7. The van der Waals surface area contributed by atoms with E-state index in [1.54, 1.807) is 12.1 Å². The summed E-state index contributed by atoms with van der Waals surface area (Å²) in [6.45, 7) is 0.477. The van der Waals surface area contributed by atoms with E-state index in [-0.39, 0.29) is 11.8 Å². The summed E-state index contributed by atoms with van der Waals surface area (Å²) in [6.07, 6.45) is 0.611. The monoisotopic (exact) mass is 278 g/mol. The molecule has 1 aromatic rings. The third-order valence-electron chi connectivity index (χ3n) is 1.93. The summed E-state index contributed by atoms with van der Waals surface area (Å²) in [4.78, 5) is 0. The molecule has 5 heteroatoms. The number of phenolic OH excluding ortho intramolecular Hbond substituents is 1. The molecule has 0 saturated heterocycles. The van der Waals surface area contributed by atoms with Crippen LogP contribution in [0.25, 0.3) is 0 Å². The number of aromatic hydroxyl groups is 1. The van der Waals surface area contributed by atoms with Crippen LogP contribution in [0.5, 0.6) is 5.75 Å².